The minimum atomic E-state index is -0.917. The second kappa shape index (κ2) is 7.76. The van der Waals surface area contributed by atoms with Crippen LogP contribution in [0.2, 0.25) is 0 Å². The zero-order valence-electron chi connectivity index (χ0n) is 16.1. The van der Waals surface area contributed by atoms with E-state index in [0.29, 0.717) is 28.8 Å². The highest BCUT2D eigenvalue weighted by Gasteiger charge is 2.42. The molecule has 2 aromatic carbocycles. The van der Waals surface area contributed by atoms with E-state index in [9.17, 15) is 19.2 Å². The molecule has 1 N–H and O–H groups in total. The van der Waals surface area contributed by atoms with E-state index in [-0.39, 0.29) is 11.7 Å². The van der Waals surface area contributed by atoms with Gasteiger partial charge in [-0.3, -0.25) is 24.1 Å². The van der Waals surface area contributed by atoms with Gasteiger partial charge >= 0.3 is 0 Å². The summed E-state index contributed by atoms with van der Waals surface area (Å²) in [6.45, 7) is 5.33. The number of Topliss-reactive ketones (excluding diaryl/α,β-unsaturated/α-hetero) is 1. The Morgan fingerprint density at radius 1 is 0.929 bits per heavy atom. The van der Waals surface area contributed by atoms with Crippen LogP contribution < -0.4 is 5.32 Å². The molecule has 28 heavy (non-hydrogen) atoms. The second-order valence-electron chi connectivity index (χ2n) is 7.29. The van der Waals surface area contributed by atoms with E-state index in [1.807, 2.05) is 13.8 Å². The van der Waals surface area contributed by atoms with E-state index in [0.717, 1.165) is 4.90 Å². The minimum Gasteiger partial charge on any atom is -0.324 e. The molecule has 0 aromatic heterocycles. The summed E-state index contributed by atoms with van der Waals surface area (Å²) in [5.41, 5.74) is 1.68. The summed E-state index contributed by atoms with van der Waals surface area (Å²) in [6.07, 6.45) is 0.350. The molecule has 1 unspecified atom stereocenters. The average Bonchev–Trinajstić information content (AvgIpc) is 2.91. The molecule has 0 fully saturated rings. The first-order valence-corrected chi connectivity index (χ1v) is 9.18. The molecule has 1 atom stereocenters. The summed E-state index contributed by atoms with van der Waals surface area (Å²) >= 11 is 0. The number of amides is 3. The minimum absolute atomic E-state index is 0.0680. The second-order valence-corrected chi connectivity index (χ2v) is 7.29. The molecule has 1 aliphatic rings. The van der Waals surface area contributed by atoms with Gasteiger partial charge in [-0.15, -0.1) is 0 Å². The van der Waals surface area contributed by atoms with Crippen molar-refractivity contribution in [2.45, 2.75) is 33.2 Å². The molecular formula is C22H22N2O4. The third kappa shape index (κ3) is 3.71. The first-order valence-electron chi connectivity index (χ1n) is 9.18. The van der Waals surface area contributed by atoms with Crippen molar-refractivity contribution in [3.05, 3.63) is 65.2 Å². The quantitative estimate of drug-likeness (QED) is 0.616. The summed E-state index contributed by atoms with van der Waals surface area (Å²) < 4.78 is 0. The van der Waals surface area contributed by atoms with E-state index in [1.54, 1.807) is 48.5 Å². The van der Waals surface area contributed by atoms with Crippen molar-refractivity contribution in [3.63, 3.8) is 0 Å². The zero-order chi connectivity index (χ0) is 20.4. The van der Waals surface area contributed by atoms with Crippen molar-refractivity contribution in [1.82, 2.24) is 4.90 Å². The summed E-state index contributed by atoms with van der Waals surface area (Å²) in [6, 6.07) is 12.2. The van der Waals surface area contributed by atoms with Gasteiger partial charge in [0.15, 0.2) is 5.78 Å². The topological polar surface area (TPSA) is 83.6 Å². The molecule has 6 nitrogen and oxygen atoms in total. The number of rotatable bonds is 6. The van der Waals surface area contributed by atoms with Crippen molar-refractivity contribution >= 4 is 29.2 Å². The third-order valence-corrected chi connectivity index (χ3v) is 4.69. The number of fused-ring (bicyclic) bond motifs is 1. The summed E-state index contributed by atoms with van der Waals surface area (Å²) in [5, 5.41) is 2.76. The number of carbonyl (C=O) groups is 4. The van der Waals surface area contributed by atoms with Gasteiger partial charge in [0.25, 0.3) is 11.8 Å². The van der Waals surface area contributed by atoms with Crippen LogP contribution in [-0.4, -0.2) is 34.4 Å². The van der Waals surface area contributed by atoms with Gasteiger partial charge in [0, 0.05) is 11.3 Å². The number of nitrogens with one attached hydrogen (secondary N) is 1. The number of carbonyl (C=O) groups excluding carboxylic acids is 4. The normalized spacial score (nSPS) is 14.2. The lowest BCUT2D eigenvalue weighted by Gasteiger charge is -2.26. The van der Waals surface area contributed by atoms with Crippen LogP contribution in [0.15, 0.2) is 48.5 Å². The van der Waals surface area contributed by atoms with Gasteiger partial charge in [-0.2, -0.15) is 0 Å². The van der Waals surface area contributed by atoms with Crippen LogP contribution in [0.5, 0.6) is 0 Å². The van der Waals surface area contributed by atoms with Crippen molar-refractivity contribution in [3.8, 4) is 0 Å². The number of imide groups is 1. The lowest BCUT2D eigenvalue weighted by molar-refractivity contribution is -0.120. The zero-order valence-corrected chi connectivity index (χ0v) is 16.1. The molecule has 2 aromatic rings. The number of benzene rings is 2. The maximum atomic E-state index is 13.0. The molecule has 1 heterocycles. The number of ketones is 1. The van der Waals surface area contributed by atoms with E-state index >= 15 is 0 Å². The fraction of sp³-hybridized carbons (Fsp3) is 0.273. The van der Waals surface area contributed by atoms with Gasteiger partial charge < -0.3 is 5.32 Å². The Bertz CT molecular complexity index is 912. The summed E-state index contributed by atoms with van der Waals surface area (Å²) in [4.78, 5) is 51.0. The van der Waals surface area contributed by atoms with Crippen molar-refractivity contribution in [2.75, 3.05) is 5.32 Å². The Hall–Kier alpha value is -3.28. The van der Waals surface area contributed by atoms with Crippen LogP contribution in [0.25, 0.3) is 0 Å². The van der Waals surface area contributed by atoms with E-state index in [4.69, 9.17) is 0 Å². The van der Waals surface area contributed by atoms with Crippen LogP contribution in [-0.2, 0) is 4.79 Å². The predicted molar refractivity (Wildman–Crippen MR) is 105 cm³/mol. The van der Waals surface area contributed by atoms with Gasteiger partial charge in [0.1, 0.15) is 6.04 Å². The van der Waals surface area contributed by atoms with Crippen molar-refractivity contribution in [1.29, 1.82) is 0 Å². The lowest BCUT2D eigenvalue weighted by atomic mass is 10.0. The first-order chi connectivity index (χ1) is 13.3. The van der Waals surface area contributed by atoms with Crippen LogP contribution in [0.1, 0.15) is 58.3 Å². The third-order valence-electron chi connectivity index (χ3n) is 4.69. The van der Waals surface area contributed by atoms with Crippen molar-refractivity contribution in [2.24, 2.45) is 5.92 Å². The maximum Gasteiger partial charge on any atom is 0.262 e. The van der Waals surface area contributed by atoms with Gasteiger partial charge in [-0.05, 0) is 55.7 Å². The van der Waals surface area contributed by atoms with E-state index in [1.165, 1.54) is 6.92 Å². The molecule has 3 amide bonds. The molecule has 0 spiro atoms. The Labute approximate surface area is 163 Å². The molecule has 0 saturated carbocycles. The van der Waals surface area contributed by atoms with Crippen molar-refractivity contribution < 1.29 is 19.2 Å². The van der Waals surface area contributed by atoms with Crippen LogP contribution in [0, 0.1) is 5.92 Å². The van der Waals surface area contributed by atoms with Gasteiger partial charge in [-0.25, -0.2) is 0 Å². The smallest absolute Gasteiger partial charge is 0.262 e. The molecule has 0 aliphatic carbocycles. The Morgan fingerprint density at radius 3 is 1.93 bits per heavy atom. The average molecular weight is 378 g/mol. The fourth-order valence-electron chi connectivity index (χ4n) is 3.28. The van der Waals surface area contributed by atoms with E-state index < -0.39 is 23.8 Å². The van der Waals surface area contributed by atoms with Crippen LogP contribution in [0.3, 0.4) is 0 Å². The SMILES string of the molecule is CC(=O)c1ccc(NC(=O)C(CC(C)C)N2C(=O)c3ccccc3C2=O)cc1. The van der Waals surface area contributed by atoms with Crippen LogP contribution in [0.4, 0.5) is 5.69 Å². The summed E-state index contributed by atoms with van der Waals surface area (Å²) in [5.74, 6) is -1.30. The highest BCUT2D eigenvalue weighted by Crippen LogP contribution is 2.27. The standard InChI is InChI=1S/C22H22N2O4/c1-13(2)12-19(20(26)23-16-10-8-15(9-11-16)14(3)25)24-21(27)17-6-4-5-7-18(17)22(24)28/h4-11,13,19H,12H2,1-3H3,(H,23,26). The maximum absolute atomic E-state index is 13.0. The summed E-state index contributed by atoms with van der Waals surface area (Å²) in [7, 11) is 0. The Morgan fingerprint density at radius 2 is 1.46 bits per heavy atom. The first kappa shape index (κ1) is 19.5. The number of hydrogen-bond donors (Lipinski definition) is 1. The fourth-order valence-corrected chi connectivity index (χ4v) is 3.28. The Balaban J connectivity index is 1.86. The molecule has 0 radical (unpaired) electrons. The highest BCUT2D eigenvalue weighted by atomic mass is 16.2. The predicted octanol–water partition coefficient (Wildman–Crippen LogP) is 3.54. The van der Waals surface area contributed by atoms with Crippen LogP contribution >= 0.6 is 0 Å². The molecule has 144 valence electrons. The van der Waals surface area contributed by atoms with E-state index in [2.05, 4.69) is 5.32 Å². The number of anilines is 1. The van der Waals surface area contributed by atoms with Gasteiger partial charge in [-0.1, -0.05) is 26.0 Å². The lowest BCUT2D eigenvalue weighted by Crippen LogP contribution is -2.47. The van der Waals surface area contributed by atoms with Gasteiger partial charge in [0.2, 0.25) is 5.91 Å². The molecule has 1 aliphatic heterocycles. The molecule has 6 heteroatoms. The monoisotopic (exact) mass is 378 g/mol. The molecular weight excluding hydrogens is 356 g/mol. The number of nitrogens with zero attached hydrogens (tertiary/aromatic N) is 1. The highest BCUT2D eigenvalue weighted by molar-refractivity contribution is 6.23. The molecule has 3 rings (SSSR count). The molecule has 0 bridgehead atoms. The Kier molecular flexibility index (Phi) is 5.40. The molecule has 0 saturated heterocycles. The number of hydrogen-bond acceptors (Lipinski definition) is 4. The van der Waals surface area contributed by atoms with Gasteiger partial charge in [0.05, 0.1) is 11.1 Å². The largest absolute Gasteiger partial charge is 0.324 e.